The summed E-state index contributed by atoms with van der Waals surface area (Å²) in [4.78, 5) is 22.7. The summed E-state index contributed by atoms with van der Waals surface area (Å²) in [6.07, 6.45) is -0.246. The number of halogens is 2. The molecule has 0 aliphatic rings. The van der Waals surface area contributed by atoms with E-state index >= 15 is 0 Å². The molecular weight excluding hydrogens is 533 g/mol. The molecule has 8 nitrogen and oxygen atoms in total. The molecule has 156 valence electrons. The van der Waals surface area contributed by atoms with Gasteiger partial charge in [0, 0.05) is 6.54 Å². The van der Waals surface area contributed by atoms with Crippen LogP contribution in [0.15, 0.2) is 39.3 Å². The first kappa shape index (κ1) is 23.4. The number of benzene rings is 2. The number of carbonyl (C=O) groups excluding carboxylic acids is 1. The fourth-order valence-corrected chi connectivity index (χ4v) is 3.93. The predicted octanol–water partition coefficient (Wildman–Crippen LogP) is 3.84. The van der Waals surface area contributed by atoms with Crippen LogP contribution in [0.25, 0.3) is 0 Å². The molecule has 0 heterocycles. The molecule has 0 aliphatic heterocycles. The van der Waals surface area contributed by atoms with Crippen molar-refractivity contribution in [1.29, 1.82) is 0 Å². The Morgan fingerprint density at radius 2 is 1.83 bits per heavy atom. The molecule has 29 heavy (non-hydrogen) atoms. The van der Waals surface area contributed by atoms with E-state index in [9.17, 15) is 24.4 Å². The second kappa shape index (κ2) is 9.75. The Morgan fingerprint density at radius 1 is 1.21 bits per heavy atom. The third-order valence-electron chi connectivity index (χ3n) is 3.87. The Bertz CT molecular complexity index is 942. The van der Waals surface area contributed by atoms with Crippen LogP contribution in [-0.2, 0) is 14.7 Å². The van der Waals surface area contributed by atoms with Crippen LogP contribution < -0.4 is 10.1 Å². The van der Waals surface area contributed by atoms with Crippen LogP contribution in [0.1, 0.15) is 29.3 Å². The topological polar surface area (TPSA) is 133 Å². The zero-order valence-electron chi connectivity index (χ0n) is 15.1. The second-order valence-corrected chi connectivity index (χ2v) is 9.28. The zero-order chi connectivity index (χ0) is 21.8. The van der Waals surface area contributed by atoms with Crippen LogP contribution in [0.3, 0.4) is 0 Å². The van der Waals surface area contributed by atoms with E-state index in [-0.39, 0.29) is 30.0 Å². The van der Waals surface area contributed by atoms with E-state index in [1.807, 2.05) is 0 Å². The number of carboxylic acids is 1. The highest BCUT2D eigenvalue weighted by Gasteiger charge is 2.24. The number of ether oxygens (including phenoxy) is 1. The van der Waals surface area contributed by atoms with Crippen molar-refractivity contribution >= 4 is 52.2 Å². The third kappa shape index (κ3) is 6.05. The van der Waals surface area contributed by atoms with Gasteiger partial charge in [-0.3, -0.25) is 9.59 Å². The molecular formula is C18H18Br2NO7P. The zero-order valence-corrected chi connectivity index (χ0v) is 19.4. The summed E-state index contributed by atoms with van der Waals surface area (Å²) >= 11 is 6.69. The number of nitrogens with one attached hydrogen (secondary N) is 1. The van der Waals surface area contributed by atoms with Crippen LogP contribution >= 0.6 is 40.3 Å². The Hall–Kier alpha value is -1.87. The molecule has 0 radical (unpaired) electrons. The average molecular weight is 551 g/mol. The van der Waals surface area contributed by atoms with Crippen molar-refractivity contribution in [2.24, 2.45) is 0 Å². The van der Waals surface area contributed by atoms with Crippen LogP contribution in [0.4, 0.5) is 0 Å². The first-order valence-corrected chi connectivity index (χ1v) is 10.9. The summed E-state index contributed by atoms with van der Waals surface area (Å²) in [5.41, 5.74) is 0.354. The van der Waals surface area contributed by atoms with Crippen molar-refractivity contribution in [1.82, 2.24) is 5.32 Å². The Labute approximate surface area is 184 Å². The number of rotatable bonds is 8. The van der Waals surface area contributed by atoms with Crippen LogP contribution in [0.5, 0.6) is 17.2 Å². The summed E-state index contributed by atoms with van der Waals surface area (Å²) in [6.45, 7) is 1.36. The van der Waals surface area contributed by atoms with Crippen molar-refractivity contribution in [3.63, 3.8) is 0 Å². The van der Waals surface area contributed by atoms with Gasteiger partial charge in [0.1, 0.15) is 16.8 Å². The lowest BCUT2D eigenvalue weighted by Crippen LogP contribution is -2.26. The summed E-state index contributed by atoms with van der Waals surface area (Å²) in [5, 5.41) is 29.7. The fourth-order valence-electron chi connectivity index (χ4n) is 2.27. The third-order valence-corrected chi connectivity index (χ3v) is 5.84. The SMILES string of the molecule is CC(O)([PH2]=O)c1cc(Br)c(Oc2ccc(O)c(C(=O)NCCC(=O)O)c2)c(Br)c1. The number of aliphatic hydroxyl groups is 1. The summed E-state index contributed by atoms with van der Waals surface area (Å²) in [7, 11) is -1.47. The monoisotopic (exact) mass is 549 g/mol. The molecule has 1 amide bonds. The van der Waals surface area contributed by atoms with Crippen molar-refractivity contribution in [3.8, 4) is 17.2 Å². The number of phenols is 1. The number of carbonyl (C=O) groups is 2. The van der Waals surface area contributed by atoms with Crippen molar-refractivity contribution in [2.75, 3.05) is 6.54 Å². The molecule has 4 N–H and O–H groups in total. The van der Waals surface area contributed by atoms with Gasteiger partial charge >= 0.3 is 5.97 Å². The molecule has 2 aromatic carbocycles. The van der Waals surface area contributed by atoms with E-state index in [0.29, 0.717) is 20.3 Å². The molecule has 0 fully saturated rings. The summed E-state index contributed by atoms with van der Waals surface area (Å²) < 4.78 is 18.0. The molecule has 0 aromatic heterocycles. The quantitative estimate of drug-likeness (QED) is 0.367. The fraction of sp³-hybridized carbons (Fsp3) is 0.222. The van der Waals surface area contributed by atoms with Crippen molar-refractivity contribution in [2.45, 2.75) is 18.7 Å². The number of hydrogen-bond acceptors (Lipinski definition) is 6. The number of amides is 1. The number of aliphatic carboxylic acids is 1. The molecule has 0 saturated heterocycles. The molecule has 2 unspecified atom stereocenters. The highest BCUT2D eigenvalue weighted by molar-refractivity contribution is 9.11. The summed E-state index contributed by atoms with van der Waals surface area (Å²) in [5.74, 6) is -1.40. The van der Waals surface area contributed by atoms with Gasteiger partial charge in [-0.25, -0.2) is 0 Å². The van der Waals surface area contributed by atoms with Crippen LogP contribution in [0, 0.1) is 0 Å². The lowest BCUT2D eigenvalue weighted by Gasteiger charge is -2.19. The normalized spacial score (nSPS) is 13.2. The number of aromatic hydroxyl groups is 1. The van der Waals surface area contributed by atoms with Gasteiger partial charge in [-0.05, 0) is 74.7 Å². The molecule has 0 aliphatic carbocycles. The molecule has 2 aromatic rings. The standard InChI is InChI=1S/C18H18Br2NO7P/c1-18(26,29-27)9-6-12(19)16(13(20)7-9)28-10-2-3-14(22)11(8-10)17(25)21-5-4-15(23)24/h2-3,6-8,22,26H,4-5,29H2,1H3,(H,21,25)(H,23,24). The maximum Gasteiger partial charge on any atom is 0.305 e. The van der Waals surface area contributed by atoms with Gasteiger partial charge in [0.2, 0.25) is 0 Å². The molecule has 2 rings (SSSR count). The summed E-state index contributed by atoms with van der Waals surface area (Å²) in [6, 6.07) is 7.20. The van der Waals surface area contributed by atoms with E-state index in [1.165, 1.54) is 25.1 Å². The van der Waals surface area contributed by atoms with E-state index in [1.54, 1.807) is 12.1 Å². The minimum Gasteiger partial charge on any atom is -0.507 e. The largest absolute Gasteiger partial charge is 0.507 e. The van der Waals surface area contributed by atoms with Gasteiger partial charge in [-0.15, -0.1) is 0 Å². The van der Waals surface area contributed by atoms with Crippen molar-refractivity contribution in [3.05, 3.63) is 50.4 Å². The lowest BCUT2D eigenvalue weighted by atomic mass is 10.1. The maximum atomic E-state index is 12.2. The van der Waals surface area contributed by atoms with Gasteiger partial charge < -0.3 is 29.9 Å². The van der Waals surface area contributed by atoms with Gasteiger partial charge in [-0.1, -0.05) is 0 Å². The van der Waals surface area contributed by atoms with Gasteiger partial charge in [0.25, 0.3) is 5.91 Å². The second-order valence-electron chi connectivity index (χ2n) is 6.22. The van der Waals surface area contributed by atoms with Crippen LogP contribution in [0.2, 0.25) is 0 Å². The van der Waals surface area contributed by atoms with Gasteiger partial charge in [-0.2, -0.15) is 0 Å². The van der Waals surface area contributed by atoms with Gasteiger partial charge in [0.15, 0.2) is 5.75 Å². The van der Waals surface area contributed by atoms with Crippen LogP contribution in [-0.4, -0.2) is 33.7 Å². The van der Waals surface area contributed by atoms with E-state index < -0.39 is 25.7 Å². The predicted molar refractivity (Wildman–Crippen MR) is 115 cm³/mol. The smallest absolute Gasteiger partial charge is 0.305 e. The van der Waals surface area contributed by atoms with E-state index in [0.717, 1.165) is 0 Å². The first-order valence-electron chi connectivity index (χ1n) is 8.24. The molecule has 0 saturated carbocycles. The Balaban J connectivity index is 2.28. The van der Waals surface area contributed by atoms with E-state index in [2.05, 4.69) is 37.2 Å². The first-order chi connectivity index (χ1) is 13.5. The highest BCUT2D eigenvalue weighted by Crippen LogP contribution is 2.42. The average Bonchev–Trinajstić information content (AvgIpc) is 2.65. The minimum atomic E-state index is -1.47. The maximum absolute atomic E-state index is 12.2. The van der Waals surface area contributed by atoms with E-state index in [4.69, 9.17) is 9.84 Å². The number of hydrogen-bond donors (Lipinski definition) is 4. The molecule has 0 spiro atoms. The highest BCUT2D eigenvalue weighted by atomic mass is 79.9. The molecule has 0 bridgehead atoms. The number of phenolic OH excluding ortho intramolecular Hbond substituents is 1. The molecule has 2 atom stereocenters. The Kier molecular flexibility index (Phi) is 7.87. The molecule has 11 heteroatoms. The van der Waals surface area contributed by atoms with Gasteiger partial charge in [0.05, 0.1) is 29.4 Å². The minimum absolute atomic E-state index is 0.0744. The van der Waals surface area contributed by atoms with Crippen molar-refractivity contribution < 1.29 is 34.2 Å². The Morgan fingerprint density at radius 3 is 2.38 bits per heavy atom. The lowest BCUT2D eigenvalue weighted by molar-refractivity contribution is -0.136. The number of carboxylic acid groups (broad SMARTS) is 1.